The molecule has 1 aliphatic heterocycles. The molecule has 4 saturated carbocycles. The van der Waals surface area contributed by atoms with Crippen LogP contribution in [-0.2, 0) is 4.79 Å². The van der Waals surface area contributed by atoms with Crippen molar-refractivity contribution in [2.75, 3.05) is 33.2 Å². The van der Waals surface area contributed by atoms with Gasteiger partial charge in [-0.05, 0) is 75.8 Å². The molecule has 5 fully saturated rings. The number of likely N-dealkylation sites (N-methyl/N-ethyl adjacent to an activating group) is 1. The van der Waals surface area contributed by atoms with Crippen molar-refractivity contribution in [3.05, 3.63) is 35.9 Å². The second kappa shape index (κ2) is 7.70. The van der Waals surface area contributed by atoms with E-state index in [0.717, 1.165) is 63.2 Å². The second-order valence-corrected chi connectivity index (χ2v) is 10.7. The van der Waals surface area contributed by atoms with Crippen LogP contribution in [0.1, 0.15) is 57.1 Å². The number of rotatable bonds is 5. The summed E-state index contributed by atoms with van der Waals surface area (Å²) in [5.41, 5.74) is 1.27. The van der Waals surface area contributed by atoms with Gasteiger partial charge in [0.15, 0.2) is 0 Å². The highest BCUT2D eigenvalue weighted by Crippen LogP contribution is 2.60. The maximum Gasteiger partial charge on any atom is 0.226 e. The van der Waals surface area contributed by atoms with Crippen LogP contribution in [0.3, 0.4) is 0 Å². The van der Waals surface area contributed by atoms with E-state index >= 15 is 0 Å². The molecule has 5 aliphatic rings. The third-order valence-electron chi connectivity index (χ3n) is 8.42. The lowest BCUT2D eigenvalue weighted by Gasteiger charge is -2.56. The topological polar surface area (TPSA) is 35.6 Å². The predicted molar refractivity (Wildman–Crippen MR) is 116 cm³/mol. The summed E-state index contributed by atoms with van der Waals surface area (Å²) in [6.45, 7) is 6.55. The first-order valence-electron chi connectivity index (χ1n) is 11.8. The fourth-order valence-corrected chi connectivity index (χ4v) is 7.39. The van der Waals surface area contributed by atoms with Crippen LogP contribution in [0.25, 0.3) is 0 Å². The molecule has 0 spiro atoms. The number of piperazine rings is 1. The van der Waals surface area contributed by atoms with Gasteiger partial charge in [0.05, 0.1) is 6.04 Å². The van der Waals surface area contributed by atoms with Crippen molar-refractivity contribution in [2.45, 2.75) is 57.5 Å². The monoisotopic (exact) mass is 395 g/mol. The number of nitrogens with one attached hydrogen (secondary N) is 1. The number of amides is 1. The summed E-state index contributed by atoms with van der Waals surface area (Å²) in [6.07, 6.45) is 7.58. The maximum absolute atomic E-state index is 13.6. The van der Waals surface area contributed by atoms with Gasteiger partial charge in [-0.15, -0.1) is 0 Å². The summed E-state index contributed by atoms with van der Waals surface area (Å²) in [4.78, 5) is 18.6. The predicted octanol–water partition coefficient (Wildman–Crippen LogP) is 3.70. The Morgan fingerprint density at radius 1 is 0.966 bits per heavy atom. The Bertz CT molecular complexity index is 690. The van der Waals surface area contributed by atoms with Gasteiger partial charge in [0, 0.05) is 37.6 Å². The van der Waals surface area contributed by atoms with Crippen molar-refractivity contribution in [3.63, 3.8) is 0 Å². The third-order valence-corrected chi connectivity index (χ3v) is 8.42. The first-order chi connectivity index (χ1) is 14.0. The Morgan fingerprint density at radius 2 is 1.52 bits per heavy atom. The van der Waals surface area contributed by atoms with Gasteiger partial charge in [-0.2, -0.15) is 0 Å². The lowest BCUT2D eigenvalue weighted by atomic mass is 9.49. The maximum atomic E-state index is 13.6. The average molecular weight is 396 g/mol. The molecule has 1 aromatic carbocycles. The molecule has 1 N–H and O–H groups in total. The van der Waals surface area contributed by atoms with Crippen LogP contribution in [0.2, 0.25) is 0 Å². The number of hydrogen-bond donors (Lipinski definition) is 1. The minimum Gasteiger partial charge on any atom is -0.351 e. The molecule has 6 rings (SSSR count). The smallest absolute Gasteiger partial charge is 0.226 e. The molecule has 0 radical (unpaired) electrons. The molecule has 0 aromatic heterocycles. The highest BCUT2D eigenvalue weighted by atomic mass is 16.2. The largest absolute Gasteiger partial charge is 0.351 e. The summed E-state index contributed by atoms with van der Waals surface area (Å²) >= 11 is 0. The quantitative estimate of drug-likeness (QED) is 0.826. The summed E-state index contributed by atoms with van der Waals surface area (Å²) in [5, 5.41) is 3.55. The molecule has 1 saturated heterocycles. The standard InChI is InChI=1S/C25H37N3O/c1-18(23(22-6-4-3-5-7-22)28-10-8-27(2)9-11-28)26-24(29)25-15-19-12-20(16-25)14-21(13-19)17-25/h3-7,18-21,23H,8-17H2,1-2H3,(H,26,29)/t18-,19?,20?,21?,23-,25?/m0/s1. The lowest BCUT2D eigenvalue weighted by molar-refractivity contribution is -0.147. The molecule has 2 atom stereocenters. The van der Waals surface area contributed by atoms with E-state index in [2.05, 4.69) is 59.4 Å². The Morgan fingerprint density at radius 3 is 2.07 bits per heavy atom. The van der Waals surface area contributed by atoms with Crippen LogP contribution >= 0.6 is 0 Å². The summed E-state index contributed by atoms with van der Waals surface area (Å²) < 4.78 is 0. The van der Waals surface area contributed by atoms with Crippen LogP contribution < -0.4 is 5.32 Å². The van der Waals surface area contributed by atoms with Crippen LogP contribution in [0.4, 0.5) is 0 Å². The number of carbonyl (C=O) groups is 1. The van der Waals surface area contributed by atoms with Gasteiger partial charge in [0.1, 0.15) is 0 Å². The molecule has 4 nitrogen and oxygen atoms in total. The summed E-state index contributed by atoms with van der Waals surface area (Å²) in [5.74, 6) is 2.79. The van der Waals surface area contributed by atoms with E-state index in [1.165, 1.54) is 24.8 Å². The van der Waals surface area contributed by atoms with E-state index in [1.807, 2.05) is 0 Å². The van der Waals surface area contributed by atoms with Gasteiger partial charge in [-0.1, -0.05) is 30.3 Å². The van der Waals surface area contributed by atoms with E-state index < -0.39 is 0 Å². The van der Waals surface area contributed by atoms with Crippen molar-refractivity contribution < 1.29 is 4.79 Å². The van der Waals surface area contributed by atoms with Crippen molar-refractivity contribution in [3.8, 4) is 0 Å². The molecule has 4 bridgehead atoms. The van der Waals surface area contributed by atoms with E-state index in [1.54, 1.807) is 0 Å². The Hall–Kier alpha value is -1.39. The third kappa shape index (κ3) is 3.74. The van der Waals surface area contributed by atoms with Gasteiger partial charge < -0.3 is 10.2 Å². The summed E-state index contributed by atoms with van der Waals surface area (Å²) in [6, 6.07) is 11.2. The normalized spacial score (nSPS) is 36.7. The fourth-order valence-electron chi connectivity index (χ4n) is 7.39. The Balaban J connectivity index is 1.34. The van der Waals surface area contributed by atoms with E-state index in [-0.39, 0.29) is 17.5 Å². The van der Waals surface area contributed by atoms with E-state index in [0.29, 0.717) is 5.91 Å². The molecule has 1 aromatic rings. The number of carbonyl (C=O) groups excluding carboxylic acids is 1. The number of nitrogens with zero attached hydrogens (tertiary/aromatic N) is 2. The van der Waals surface area contributed by atoms with Gasteiger partial charge in [0.25, 0.3) is 0 Å². The minimum absolute atomic E-state index is 0.0631. The highest BCUT2D eigenvalue weighted by Gasteiger charge is 2.54. The molecule has 1 heterocycles. The van der Waals surface area contributed by atoms with Gasteiger partial charge in [-0.3, -0.25) is 9.69 Å². The van der Waals surface area contributed by atoms with Crippen LogP contribution in [0.5, 0.6) is 0 Å². The van der Waals surface area contributed by atoms with E-state index in [4.69, 9.17) is 0 Å². The first-order valence-corrected chi connectivity index (χ1v) is 11.8. The lowest BCUT2D eigenvalue weighted by Crippen LogP contribution is -2.57. The molecule has 4 heteroatoms. The Kier molecular flexibility index (Phi) is 5.19. The molecule has 158 valence electrons. The van der Waals surface area contributed by atoms with Crippen molar-refractivity contribution in [1.29, 1.82) is 0 Å². The Labute approximate surface area is 176 Å². The zero-order chi connectivity index (χ0) is 20.0. The van der Waals surface area contributed by atoms with Crippen molar-refractivity contribution in [2.24, 2.45) is 23.2 Å². The molecule has 4 aliphatic carbocycles. The zero-order valence-corrected chi connectivity index (χ0v) is 18.1. The van der Waals surface area contributed by atoms with Crippen molar-refractivity contribution >= 4 is 5.91 Å². The van der Waals surface area contributed by atoms with Crippen LogP contribution in [0, 0.1) is 23.2 Å². The summed E-state index contributed by atoms with van der Waals surface area (Å²) in [7, 11) is 2.20. The van der Waals surface area contributed by atoms with Gasteiger partial charge >= 0.3 is 0 Å². The number of hydrogen-bond acceptors (Lipinski definition) is 3. The molecule has 1 amide bonds. The van der Waals surface area contributed by atoms with Gasteiger partial charge in [0.2, 0.25) is 5.91 Å². The first kappa shape index (κ1) is 19.6. The number of benzene rings is 1. The van der Waals surface area contributed by atoms with Crippen LogP contribution in [-0.4, -0.2) is 55.0 Å². The zero-order valence-electron chi connectivity index (χ0n) is 18.1. The second-order valence-electron chi connectivity index (χ2n) is 10.7. The fraction of sp³-hybridized carbons (Fsp3) is 0.720. The van der Waals surface area contributed by atoms with Gasteiger partial charge in [-0.25, -0.2) is 0 Å². The van der Waals surface area contributed by atoms with E-state index in [9.17, 15) is 4.79 Å². The van der Waals surface area contributed by atoms with Crippen molar-refractivity contribution in [1.82, 2.24) is 15.1 Å². The highest BCUT2D eigenvalue weighted by molar-refractivity contribution is 5.83. The molecule has 0 unspecified atom stereocenters. The molecular formula is C25H37N3O. The SMILES string of the molecule is C[C@H](NC(=O)C12CC3CC(CC(C3)C1)C2)[C@@H](c1ccccc1)N1CCN(C)CC1. The molecule has 29 heavy (non-hydrogen) atoms. The average Bonchev–Trinajstić information content (AvgIpc) is 2.69. The minimum atomic E-state index is -0.0631. The molecular weight excluding hydrogens is 358 g/mol. The van der Waals surface area contributed by atoms with Crippen LogP contribution in [0.15, 0.2) is 30.3 Å².